The van der Waals surface area contributed by atoms with E-state index in [9.17, 15) is 4.91 Å². The van der Waals surface area contributed by atoms with Crippen molar-refractivity contribution in [1.82, 2.24) is 0 Å². The van der Waals surface area contributed by atoms with E-state index in [0.717, 1.165) is 34.4 Å². The lowest BCUT2D eigenvalue weighted by Gasteiger charge is -2.13. The van der Waals surface area contributed by atoms with Crippen molar-refractivity contribution in [3.8, 4) is 11.1 Å². The average Bonchev–Trinajstić information content (AvgIpc) is 3.41. The van der Waals surface area contributed by atoms with Gasteiger partial charge >= 0.3 is 0 Å². The highest BCUT2D eigenvalue weighted by molar-refractivity contribution is 8.11. The summed E-state index contributed by atoms with van der Waals surface area (Å²) < 4.78 is 0. The van der Waals surface area contributed by atoms with Crippen molar-refractivity contribution < 1.29 is 4.84 Å². The van der Waals surface area contributed by atoms with Gasteiger partial charge in [-0.05, 0) is 60.8 Å². The largest absolute Gasteiger partial charge is 0.353 e. The van der Waals surface area contributed by atoms with Crippen LogP contribution in [0.5, 0.6) is 0 Å². The summed E-state index contributed by atoms with van der Waals surface area (Å²) in [5, 5.41) is 2.63. The molecule has 1 aliphatic rings. The van der Waals surface area contributed by atoms with Gasteiger partial charge in [0.15, 0.2) is 10.9 Å². The minimum atomic E-state index is -0.484. The van der Waals surface area contributed by atoms with E-state index in [1.165, 1.54) is 16.0 Å². The molecule has 1 aliphatic carbocycles. The van der Waals surface area contributed by atoms with Gasteiger partial charge in [-0.2, -0.15) is 0 Å². The lowest BCUT2D eigenvalue weighted by Crippen LogP contribution is -2.07. The number of rotatable bonds is 7. The first-order chi connectivity index (χ1) is 12.4. The molecule has 3 nitrogen and oxygen atoms in total. The third-order valence-electron chi connectivity index (χ3n) is 4.54. The smallest absolute Gasteiger partial charge is 0.166 e. The Kier molecular flexibility index (Phi) is 5.33. The average molecular weight is 365 g/mol. The SMILES string of the molecule is C=C(C)SC(=C(C)C)c1ccc(-c2ccc(C3(ON=O)CC3)cc2)cc1. The molecule has 3 rings (SSSR count). The van der Waals surface area contributed by atoms with Crippen LogP contribution in [-0.2, 0) is 10.4 Å². The standard InChI is InChI=1S/C22H23NO2S/c1-15(2)21(26-16(3)4)19-7-5-17(6-8-19)18-9-11-20(12-10-18)22(13-14-22)25-23-24/h5-12H,3,13-14H2,1-2,4H3. The van der Waals surface area contributed by atoms with Gasteiger partial charge in [0.05, 0.1) is 0 Å². The highest BCUT2D eigenvalue weighted by atomic mass is 32.2. The summed E-state index contributed by atoms with van der Waals surface area (Å²) in [5.74, 6) is 0. The molecule has 0 N–H and O–H groups in total. The van der Waals surface area contributed by atoms with Crippen LogP contribution >= 0.6 is 11.8 Å². The van der Waals surface area contributed by atoms with Gasteiger partial charge in [0, 0.05) is 4.91 Å². The van der Waals surface area contributed by atoms with Crippen LogP contribution in [0, 0.1) is 4.91 Å². The molecule has 0 radical (unpaired) electrons. The molecule has 0 aliphatic heterocycles. The molecule has 1 fully saturated rings. The van der Waals surface area contributed by atoms with Crippen molar-refractivity contribution in [1.29, 1.82) is 0 Å². The molecule has 0 unspecified atom stereocenters. The Morgan fingerprint density at radius 1 is 1.00 bits per heavy atom. The maximum Gasteiger partial charge on any atom is 0.166 e. The summed E-state index contributed by atoms with van der Waals surface area (Å²) in [4.78, 5) is 17.8. The number of nitrogens with zero attached hydrogens (tertiary/aromatic N) is 1. The maximum atomic E-state index is 10.4. The van der Waals surface area contributed by atoms with Crippen molar-refractivity contribution in [2.45, 2.75) is 39.2 Å². The quantitative estimate of drug-likeness (QED) is 0.389. The van der Waals surface area contributed by atoms with Crippen LogP contribution in [0.4, 0.5) is 0 Å². The fourth-order valence-electron chi connectivity index (χ4n) is 3.02. The Morgan fingerprint density at radius 2 is 1.54 bits per heavy atom. The second-order valence-corrected chi connectivity index (χ2v) is 8.26. The zero-order valence-electron chi connectivity index (χ0n) is 15.4. The summed E-state index contributed by atoms with van der Waals surface area (Å²) in [6.45, 7) is 10.3. The Hall–Kier alpha value is -2.33. The molecule has 2 aromatic carbocycles. The normalized spacial score (nSPS) is 14.4. The van der Waals surface area contributed by atoms with Gasteiger partial charge in [0.1, 0.15) is 0 Å². The second kappa shape index (κ2) is 7.50. The first-order valence-corrected chi connectivity index (χ1v) is 9.50. The van der Waals surface area contributed by atoms with E-state index in [1.807, 2.05) is 19.1 Å². The molecule has 1 saturated carbocycles. The molecule has 0 saturated heterocycles. The van der Waals surface area contributed by atoms with Crippen LogP contribution in [-0.4, -0.2) is 0 Å². The van der Waals surface area contributed by atoms with Crippen LogP contribution in [0.1, 0.15) is 44.7 Å². The summed E-state index contributed by atoms with van der Waals surface area (Å²) >= 11 is 1.72. The third kappa shape index (κ3) is 3.91. The van der Waals surface area contributed by atoms with Crippen LogP contribution in [0.3, 0.4) is 0 Å². The fourth-order valence-corrected chi connectivity index (χ4v) is 3.83. The maximum absolute atomic E-state index is 10.4. The van der Waals surface area contributed by atoms with E-state index < -0.39 is 5.60 Å². The summed E-state index contributed by atoms with van der Waals surface area (Å²) in [6.07, 6.45) is 1.69. The highest BCUT2D eigenvalue weighted by Gasteiger charge is 2.48. The minimum absolute atomic E-state index is 0.484. The number of hydrogen-bond donors (Lipinski definition) is 0. The van der Waals surface area contributed by atoms with E-state index in [1.54, 1.807) is 11.8 Å². The van der Waals surface area contributed by atoms with Crippen LogP contribution in [0.2, 0.25) is 0 Å². The monoisotopic (exact) mass is 365 g/mol. The molecule has 0 bridgehead atoms. The zero-order chi connectivity index (χ0) is 18.7. The summed E-state index contributed by atoms with van der Waals surface area (Å²) in [5.41, 5.74) is 5.33. The van der Waals surface area contributed by atoms with Crippen molar-refractivity contribution in [3.05, 3.63) is 81.6 Å². The van der Waals surface area contributed by atoms with Gasteiger partial charge in [0.2, 0.25) is 0 Å². The van der Waals surface area contributed by atoms with Gasteiger partial charge < -0.3 is 4.84 Å². The highest BCUT2D eigenvalue weighted by Crippen LogP contribution is 2.49. The molecule has 0 heterocycles. The Bertz CT molecular complexity index is 843. The predicted molar refractivity (Wildman–Crippen MR) is 110 cm³/mol. The Labute approximate surface area is 159 Å². The van der Waals surface area contributed by atoms with E-state index in [-0.39, 0.29) is 0 Å². The van der Waals surface area contributed by atoms with E-state index >= 15 is 0 Å². The predicted octanol–water partition coefficient (Wildman–Crippen LogP) is 7.06. The Morgan fingerprint density at radius 3 is 1.96 bits per heavy atom. The third-order valence-corrected chi connectivity index (χ3v) is 5.73. The molecule has 0 amide bonds. The second-order valence-electron chi connectivity index (χ2n) is 6.95. The van der Waals surface area contributed by atoms with Gasteiger partial charge in [-0.3, -0.25) is 0 Å². The number of thioether (sulfide) groups is 1. The number of hydrogen-bond acceptors (Lipinski definition) is 4. The van der Waals surface area contributed by atoms with Gasteiger partial charge in [-0.1, -0.05) is 72.4 Å². The Balaban J connectivity index is 1.82. The van der Waals surface area contributed by atoms with Crippen molar-refractivity contribution in [3.63, 3.8) is 0 Å². The molecule has 26 heavy (non-hydrogen) atoms. The van der Waals surface area contributed by atoms with Crippen molar-refractivity contribution in [2.24, 2.45) is 5.34 Å². The first kappa shape index (κ1) is 18.5. The molecule has 134 valence electrons. The van der Waals surface area contributed by atoms with Crippen LogP contribution in [0.15, 0.2) is 70.9 Å². The lowest BCUT2D eigenvalue weighted by molar-refractivity contribution is 0.0316. The molecule has 0 aromatic heterocycles. The summed E-state index contributed by atoms with van der Waals surface area (Å²) in [6, 6.07) is 16.8. The lowest BCUT2D eigenvalue weighted by atomic mass is 9.99. The zero-order valence-corrected chi connectivity index (χ0v) is 16.2. The van der Waals surface area contributed by atoms with Gasteiger partial charge in [-0.15, -0.1) is 4.91 Å². The number of benzene rings is 2. The van der Waals surface area contributed by atoms with E-state index in [0.29, 0.717) is 0 Å². The van der Waals surface area contributed by atoms with Crippen molar-refractivity contribution >= 4 is 16.7 Å². The fraction of sp³-hybridized carbons (Fsp3) is 0.273. The molecule has 0 spiro atoms. The van der Waals surface area contributed by atoms with Gasteiger partial charge in [0.25, 0.3) is 0 Å². The molecular formula is C22H23NO2S. The first-order valence-electron chi connectivity index (χ1n) is 8.68. The topological polar surface area (TPSA) is 38.7 Å². The molecule has 4 heteroatoms. The molecule has 2 aromatic rings. The number of allylic oxidation sites excluding steroid dienone is 2. The molecular weight excluding hydrogens is 342 g/mol. The van der Waals surface area contributed by atoms with Crippen LogP contribution < -0.4 is 0 Å². The summed E-state index contributed by atoms with van der Waals surface area (Å²) in [7, 11) is 0. The minimum Gasteiger partial charge on any atom is -0.353 e. The molecule has 0 atom stereocenters. The van der Waals surface area contributed by atoms with Crippen molar-refractivity contribution in [2.75, 3.05) is 0 Å². The van der Waals surface area contributed by atoms with E-state index in [2.05, 4.69) is 62.2 Å². The van der Waals surface area contributed by atoms with Gasteiger partial charge in [-0.25, -0.2) is 0 Å². The van der Waals surface area contributed by atoms with E-state index in [4.69, 9.17) is 4.84 Å². The van der Waals surface area contributed by atoms with Crippen LogP contribution in [0.25, 0.3) is 16.0 Å².